The van der Waals surface area contributed by atoms with Crippen LogP contribution in [0.4, 0.5) is 5.69 Å². The molecular weight excluding hydrogens is 360 g/mol. The summed E-state index contributed by atoms with van der Waals surface area (Å²) in [6.07, 6.45) is 4.33. The summed E-state index contributed by atoms with van der Waals surface area (Å²) in [7, 11) is 1.61. The molecular formula is C20H26N4O4. The highest BCUT2D eigenvalue weighted by Gasteiger charge is 2.35. The lowest BCUT2D eigenvalue weighted by atomic mass is 9.90. The number of aryl methyl sites for hydroxylation is 1. The van der Waals surface area contributed by atoms with E-state index in [9.17, 15) is 14.7 Å². The Morgan fingerprint density at radius 2 is 2.00 bits per heavy atom. The van der Waals surface area contributed by atoms with Crippen LogP contribution in [-0.2, 0) is 9.59 Å². The summed E-state index contributed by atoms with van der Waals surface area (Å²) in [6, 6.07) is 3.93. The first-order valence-electron chi connectivity index (χ1n) is 9.42. The molecule has 0 saturated carbocycles. The van der Waals surface area contributed by atoms with Crippen molar-refractivity contribution in [2.24, 2.45) is 0 Å². The van der Waals surface area contributed by atoms with Crippen LogP contribution in [0.15, 0.2) is 24.5 Å². The molecule has 1 fully saturated rings. The van der Waals surface area contributed by atoms with Gasteiger partial charge in [-0.1, -0.05) is 0 Å². The van der Waals surface area contributed by atoms with Gasteiger partial charge in [0.15, 0.2) is 0 Å². The monoisotopic (exact) mass is 386 g/mol. The zero-order valence-electron chi connectivity index (χ0n) is 16.3. The molecule has 0 bridgehead atoms. The van der Waals surface area contributed by atoms with E-state index in [-0.39, 0.29) is 25.3 Å². The average molecular weight is 386 g/mol. The van der Waals surface area contributed by atoms with Gasteiger partial charge in [0.1, 0.15) is 0 Å². The number of hydrogen-bond donors (Lipinski definition) is 2. The fourth-order valence-electron chi connectivity index (χ4n) is 3.70. The smallest absolute Gasteiger partial charge is 0.303 e. The Bertz CT molecular complexity index is 878. The summed E-state index contributed by atoms with van der Waals surface area (Å²) in [5, 5.41) is 20.6. The van der Waals surface area contributed by atoms with E-state index in [4.69, 9.17) is 5.11 Å². The molecule has 3 heterocycles. The van der Waals surface area contributed by atoms with Crippen molar-refractivity contribution in [1.29, 1.82) is 0 Å². The van der Waals surface area contributed by atoms with Gasteiger partial charge in [0.2, 0.25) is 5.91 Å². The first-order valence-corrected chi connectivity index (χ1v) is 9.42. The molecule has 1 saturated heterocycles. The summed E-state index contributed by atoms with van der Waals surface area (Å²) in [5.41, 5.74) is 1.91. The molecule has 2 N–H and O–H groups in total. The molecule has 8 nitrogen and oxygen atoms in total. The van der Waals surface area contributed by atoms with Crippen LogP contribution in [0, 0.1) is 6.92 Å². The van der Waals surface area contributed by atoms with E-state index in [1.807, 2.05) is 25.3 Å². The summed E-state index contributed by atoms with van der Waals surface area (Å²) < 4.78 is 0. The lowest BCUT2D eigenvalue weighted by Crippen LogP contribution is -2.51. The molecule has 1 aliphatic rings. The van der Waals surface area contributed by atoms with E-state index >= 15 is 0 Å². The molecule has 0 aromatic carbocycles. The maximum absolute atomic E-state index is 12.1. The number of carboxylic acid groups (broad SMARTS) is 1. The molecule has 8 heteroatoms. The number of fused-ring (bicyclic) bond motifs is 1. The quantitative estimate of drug-likeness (QED) is 0.776. The molecule has 0 unspecified atom stereocenters. The first kappa shape index (κ1) is 20.0. The zero-order valence-corrected chi connectivity index (χ0v) is 16.3. The summed E-state index contributed by atoms with van der Waals surface area (Å²) >= 11 is 0. The minimum Gasteiger partial charge on any atom is -0.481 e. The van der Waals surface area contributed by atoms with E-state index in [2.05, 4.69) is 14.9 Å². The van der Waals surface area contributed by atoms with Crippen LogP contribution in [0.25, 0.3) is 10.9 Å². The molecule has 0 atom stereocenters. The molecule has 1 amide bonds. The minimum absolute atomic E-state index is 0.0523. The second-order valence-electron chi connectivity index (χ2n) is 7.53. The second-order valence-corrected chi connectivity index (χ2v) is 7.53. The maximum atomic E-state index is 12.1. The Labute approximate surface area is 163 Å². The highest BCUT2D eigenvalue weighted by Crippen LogP contribution is 2.31. The predicted octanol–water partition coefficient (Wildman–Crippen LogP) is 1.59. The molecule has 0 radical (unpaired) electrons. The Morgan fingerprint density at radius 1 is 1.29 bits per heavy atom. The molecule has 2 aromatic rings. The summed E-state index contributed by atoms with van der Waals surface area (Å²) in [6.45, 7) is 3.47. The molecule has 3 rings (SSSR count). The van der Waals surface area contributed by atoms with Gasteiger partial charge in [-0.2, -0.15) is 0 Å². The number of aliphatic hydroxyl groups is 1. The van der Waals surface area contributed by atoms with Gasteiger partial charge in [0, 0.05) is 62.3 Å². The van der Waals surface area contributed by atoms with Crippen LogP contribution in [0.2, 0.25) is 0 Å². The summed E-state index contributed by atoms with van der Waals surface area (Å²) in [4.78, 5) is 35.1. The van der Waals surface area contributed by atoms with E-state index in [1.54, 1.807) is 13.2 Å². The van der Waals surface area contributed by atoms with Crippen LogP contribution in [-0.4, -0.2) is 69.2 Å². The van der Waals surface area contributed by atoms with Gasteiger partial charge in [-0.05, 0) is 31.9 Å². The number of aromatic nitrogens is 2. The van der Waals surface area contributed by atoms with E-state index in [0.29, 0.717) is 25.9 Å². The fourth-order valence-corrected chi connectivity index (χ4v) is 3.70. The van der Waals surface area contributed by atoms with Crippen LogP contribution < -0.4 is 4.90 Å². The van der Waals surface area contributed by atoms with Crippen molar-refractivity contribution < 1.29 is 19.8 Å². The van der Waals surface area contributed by atoms with Gasteiger partial charge in [-0.25, -0.2) is 0 Å². The number of carboxylic acids is 1. The molecule has 1 aliphatic heterocycles. The normalized spacial score (nSPS) is 16.2. The second kappa shape index (κ2) is 8.10. The number of aliphatic carboxylic acids is 1. The Hall–Kier alpha value is -2.74. The highest BCUT2D eigenvalue weighted by molar-refractivity contribution is 5.91. The van der Waals surface area contributed by atoms with Crippen LogP contribution in [0.5, 0.6) is 0 Å². The van der Waals surface area contributed by atoms with Gasteiger partial charge in [-0.15, -0.1) is 0 Å². The van der Waals surface area contributed by atoms with E-state index in [0.717, 1.165) is 22.3 Å². The van der Waals surface area contributed by atoms with Crippen molar-refractivity contribution in [3.8, 4) is 0 Å². The van der Waals surface area contributed by atoms with Crippen molar-refractivity contribution in [3.05, 3.63) is 30.2 Å². The largest absolute Gasteiger partial charge is 0.481 e. The maximum Gasteiger partial charge on any atom is 0.303 e. The number of amides is 1. The number of likely N-dealkylation sites (N-methyl/N-ethyl adjacent to an activating group) is 1. The lowest BCUT2D eigenvalue weighted by Gasteiger charge is -2.41. The number of rotatable bonds is 6. The fraction of sp³-hybridized carbons (Fsp3) is 0.500. The standard InChI is InChI=1S/C20H26N4O4/c1-14-11-17(15-12-21-8-5-16(15)22-14)24-9-6-20(28,7-10-24)13-23(2)18(25)3-4-19(26)27/h5,8,11-12,28H,3-4,6-7,9-10,13H2,1-2H3,(H,26,27). The van der Waals surface area contributed by atoms with E-state index in [1.165, 1.54) is 4.90 Å². The van der Waals surface area contributed by atoms with Crippen LogP contribution in [0.3, 0.4) is 0 Å². The Morgan fingerprint density at radius 3 is 2.68 bits per heavy atom. The third kappa shape index (κ3) is 4.56. The summed E-state index contributed by atoms with van der Waals surface area (Å²) in [5.74, 6) is -1.26. The average Bonchev–Trinajstić information content (AvgIpc) is 2.65. The molecule has 150 valence electrons. The van der Waals surface area contributed by atoms with Gasteiger partial charge in [-0.3, -0.25) is 19.6 Å². The van der Waals surface area contributed by atoms with Gasteiger partial charge in [0.05, 0.1) is 17.5 Å². The van der Waals surface area contributed by atoms with E-state index < -0.39 is 11.6 Å². The predicted molar refractivity (Wildman–Crippen MR) is 105 cm³/mol. The number of pyridine rings is 2. The van der Waals surface area contributed by atoms with Gasteiger partial charge >= 0.3 is 5.97 Å². The lowest BCUT2D eigenvalue weighted by molar-refractivity contribution is -0.141. The molecule has 2 aromatic heterocycles. The third-order valence-corrected chi connectivity index (χ3v) is 5.26. The van der Waals surface area contributed by atoms with Gasteiger partial charge < -0.3 is 20.0 Å². The number of anilines is 1. The topological polar surface area (TPSA) is 107 Å². The minimum atomic E-state index is -0.997. The van der Waals surface area contributed by atoms with Gasteiger partial charge in [0.25, 0.3) is 0 Å². The molecule has 0 spiro atoms. The number of carbonyl (C=O) groups is 2. The number of piperidine rings is 1. The molecule has 28 heavy (non-hydrogen) atoms. The van der Waals surface area contributed by atoms with Crippen molar-refractivity contribution in [1.82, 2.24) is 14.9 Å². The third-order valence-electron chi connectivity index (χ3n) is 5.26. The van der Waals surface area contributed by atoms with Crippen molar-refractivity contribution in [3.63, 3.8) is 0 Å². The first-order chi connectivity index (χ1) is 13.3. The number of nitrogens with zero attached hydrogens (tertiary/aromatic N) is 4. The van der Waals surface area contributed by atoms with Crippen molar-refractivity contribution in [2.45, 2.75) is 38.2 Å². The number of carbonyl (C=O) groups excluding carboxylic acids is 1. The van der Waals surface area contributed by atoms with Crippen molar-refractivity contribution in [2.75, 3.05) is 31.6 Å². The number of hydrogen-bond acceptors (Lipinski definition) is 6. The molecule has 0 aliphatic carbocycles. The zero-order chi connectivity index (χ0) is 20.3. The Balaban J connectivity index is 1.66. The van der Waals surface area contributed by atoms with Crippen molar-refractivity contribution >= 4 is 28.5 Å². The Kier molecular flexibility index (Phi) is 5.79. The van der Waals surface area contributed by atoms with Crippen LogP contribution >= 0.6 is 0 Å². The highest BCUT2D eigenvalue weighted by atomic mass is 16.4. The SMILES string of the molecule is Cc1cc(N2CCC(O)(CN(C)C(=O)CCC(=O)O)CC2)c2cnccc2n1. The van der Waals surface area contributed by atoms with Crippen LogP contribution in [0.1, 0.15) is 31.4 Å².